The molecule has 0 amide bonds. The second-order valence-electron chi connectivity index (χ2n) is 5.77. The Morgan fingerprint density at radius 2 is 1.85 bits per heavy atom. The van der Waals surface area contributed by atoms with Gasteiger partial charge in [0.2, 0.25) is 5.89 Å². The molecule has 0 saturated heterocycles. The summed E-state index contributed by atoms with van der Waals surface area (Å²) in [5.41, 5.74) is 1.20. The molecule has 7 nitrogen and oxygen atoms in total. The zero-order chi connectivity index (χ0) is 18.8. The van der Waals surface area contributed by atoms with Gasteiger partial charge in [-0.3, -0.25) is 15.1 Å². The third-order valence-electron chi connectivity index (χ3n) is 4.03. The Morgan fingerprint density at radius 1 is 1.07 bits per heavy atom. The van der Waals surface area contributed by atoms with Gasteiger partial charge in [0, 0.05) is 17.7 Å². The van der Waals surface area contributed by atoms with Crippen LogP contribution in [0.5, 0.6) is 5.95 Å². The molecule has 3 aromatic carbocycles. The average molecular weight is 359 g/mol. The van der Waals surface area contributed by atoms with Crippen LogP contribution in [-0.4, -0.2) is 21.2 Å². The molecule has 0 spiro atoms. The number of nitro groups is 1. The number of aliphatic imine (C=N–C) groups is 1. The van der Waals surface area contributed by atoms with E-state index in [0.29, 0.717) is 5.69 Å². The molecule has 0 fully saturated rings. The molecular formula is C20H13N3O4. The second-order valence-corrected chi connectivity index (χ2v) is 5.77. The van der Waals surface area contributed by atoms with Crippen LogP contribution in [0, 0.1) is 10.1 Å². The number of aromatic nitrogens is 1. The summed E-state index contributed by atoms with van der Waals surface area (Å²) in [7, 11) is 0. The fraction of sp³-hybridized carbons (Fsp3) is 0. The lowest BCUT2D eigenvalue weighted by atomic mass is 10.0. The van der Waals surface area contributed by atoms with E-state index in [0.717, 1.165) is 16.3 Å². The summed E-state index contributed by atoms with van der Waals surface area (Å²) in [6.07, 6.45) is 1.31. The highest BCUT2D eigenvalue weighted by Gasteiger charge is 2.14. The van der Waals surface area contributed by atoms with E-state index in [1.807, 2.05) is 42.5 Å². The molecule has 0 saturated carbocycles. The van der Waals surface area contributed by atoms with Crippen molar-refractivity contribution in [1.82, 2.24) is 4.98 Å². The van der Waals surface area contributed by atoms with Crippen LogP contribution in [-0.2, 0) is 0 Å². The monoisotopic (exact) mass is 359 g/mol. The van der Waals surface area contributed by atoms with Gasteiger partial charge in [0.05, 0.1) is 16.8 Å². The lowest BCUT2D eigenvalue weighted by Crippen LogP contribution is -1.87. The summed E-state index contributed by atoms with van der Waals surface area (Å²) in [4.78, 5) is 18.8. The van der Waals surface area contributed by atoms with Crippen molar-refractivity contribution < 1.29 is 14.4 Å². The van der Waals surface area contributed by atoms with Crippen molar-refractivity contribution in [2.45, 2.75) is 0 Å². The van der Waals surface area contributed by atoms with Gasteiger partial charge in [-0.2, -0.15) is 0 Å². The van der Waals surface area contributed by atoms with Crippen LogP contribution in [0.2, 0.25) is 0 Å². The molecule has 7 heteroatoms. The van der Waals surface area contributed by atoms with Crippen LogP contribution >= 0.6 is 0 Å². The molecule has 0 aliphatic carbocycles. The van der Waals surface area contributed by atoms with Crippen molar-refractivity contribution >= 4 is 28.4 Å². The maximum absolute atomic E-state index is 10.8. The molecular weight excluding hydrogens is 346 g/mol. The minimum Gasteiger partial charge on any atom is -0.479 e. The number of rotatable bonds is 4. The van der Waals surface area contributed by atoms with Crippen LogP contribution in [0.1, 0.15) is 5.69 Å². The first-order valence-corrected chi connectivity index (χ1v) is 8.08. The largest absolute Gasteiger partial charge is 0.479 e. The Kier molecular flexibility index (Phi) is 4.10. The molecule has 0 aliphatic heterocycles. The Hall–Kier alpha value is -4.00. The Balaban J connectivity index is 1.69. The number of oxazole rings is 1. The molecule has 0 radical (unpaired) electrons. The Labute approximate surface area is 153 Å². The topological polar surface area (TPSA) is 102 Å². The fourth-order valence-electron chi connectivity index (χ4n) is 2.76. The van der Waals surface area contributed by atoms with E-state index in [-0.39, 0.29) is 23.2 Å². The zero-order valence-corrected chi connectivity index (χ0v) is 13.9. The number of aromatic hydroxyl groups is 1. The molecule has 0 unspecified atom stereocenters. The molecule has 1 aromatic heterocycles. The minimum atomic E-state index is -0.495. The summed E-state index contributed by atoms with van der Waals surface area (Å²) in [6.45, 7) is 0. The van der Waals surface area contributed by atoms with Gasteiger partial charge in [-0.15, -0.1) is 0 Å². The van der Waals surface area contributed by atoms with Gasteiger partial charge >= 0.3 is 5.95 Å². The first-order valence-electron chi connectivity index (χ1n) is 8.08. The van der Waals surface area contributed by atoms with Crippen molar-refractivity contribution in [1.29, 1.82) is 0 Å². The van der Waals surface area contributed by atoms with E-state index in [1.165, 1.54) is 24.4 Å². The predicted octanol–water partition coefficient (Wildman–Crippen LogP) is 4.86. The number of nitro benzene ring substituents is 1. The standard InChI is InChI=1S/C20H13N3O4/c24-20-18(12-21-14-7-4-8-15(11-14)23(25)26)22-19(27-20)17-10-3-6-13-5-1-2-9-16(13)17/h1-12,24H. The maximum Gasteiger partial charge on any atom is 0.312 e. The number of nitrogens with zero attached hydrogens (tertiary/aromatic N) is 3. The van der Waals surface area contributed by atoms with Gasteiger partial charge in [-0.25, -0.2) is 4.98 Å². The maximum atomic E-state index is 10.8. The molecule has 0 aliphatic rings. The summed E-state index contributed by atoms with van der Waals surface area (Å²) in [6, 6.07) is 19.4. The number of non-ortho nitro benzene ring substituents is 1. The average Bonchev–Trinajstić information content (AvgIpc) is 3.06. The second kappa shape index (κ2) is 6.72. The first kappa shape index (κ1) is 16.5. The van der Waals surface area contributed by atoms with Gasteiger partial charge in [-0.1, -0.05) is 42.5 Å². The van der Waals surface area contributed by atoms with Crippen LogP contribution in [0.4, 0.5) is 11.4 Å². The van der Waals surface area contributed by atoms with Gasteiger partial charge in [0.1, 0.15) is 0 Å². The van der Waals surface area contributed by atoms with E-state index in [2.05, 4.69) is 9.98 Å². The van der Waals surface area contributed by atoms with Gasteiger partial charge in [0.15, 0.2) is 5.69 Å². The molecule has 4 aromatic rings. The molecule has 0 atom stereocenters. The number of benzene rings is 3. The molecule has 27 heavy (non-hydrogen) atoms. The Morgan fingerprint density at radius 3 is 2.70 bits per heavy atom. The quantitative estimate of drug-likeness (QED) is 0.318. The fourth-order valence-corrected chi connectivity index (χ4v) is 2.76. The van der Waals surface area contributed by atoms with Crippen molar-refractivity contribution in [3.8, 4) is 17.4 Å². The molecule has 1 heterocycles. The van der Waals surface area contributed by atoms with Crippen molar-refractivity contribution in [3.63, 3.8) is 0 Å². The SMILES string of the molecule is O=[N+]([O-])c1cccc(N=Cc2nc(-c3cccc4ccccc34)oc2O)c1. The summed E-state index contributed by atoms with van der Waals surface area (Å²) >= 11 is 0. The summed E-state index contributed by atoms with van der Waals surface area (Å²) in [5.74, 6) is -0.100. The number of fused-ring (bicyclic) bond motifs is 1. The van der Waals surface area contributed by atoms with Crippen molar-refractivity contribution in [3.05, 3.63) is 82.5 Å². The highest BCUT2D eigenvalue weighted by molar-refractivity contribution is 5.95. The van der Waals surface area contributed by atoms with Crippen molar-refractivity contribution in [2.75, 3.05) is 0 Å². The number of hydrogen-bond donors (Lipinski definition) is 1. The van der Waals surface area contributed by atoms with Gasteiger partial charge in [0.25, 0.3) is 5.69 Å². The van der Waals surface area contributed by atoms with Gasteiger partial charge < -0.3 is 9.52 Å². The first-order chi connectivity index (χ1) is 13.1. The van der Waals surface area contributed by atoms with Crippen LogP contribution < -0.4 is 0 Å². The highest BCUT2D eigenvalue weighted by atomic mass is 16.6. The predicted molar refractivity (Wildman–Crippen MR) is 101 cm³/mol. The van der Waals surface area contributed by atoms with E-state index in [4.69, 9.17) is 4.42 Å². The summed E-state index contributed by atoms with van der Waals surface area (Å²) < 4.78 is 5.40. The van der Waals surface area contributed by atoms with Crippen LogP contribution in [0.15, 0.2) is 76.1 Å². The van der Waals surface area contributed by atoms with Crippen LogP contribution in [0.25, 0.3) is 22.2 Å². The zero-order valence-electron chi connectivity index (χ0n) is 13.9. The van der Waals surface area contributed by atoms with E-state index < -0.39 is 4.92 Å². The smallest absolute Gasteiger partial charge is 0.312 e. The minimum absolute atomic E-state index is 0.0644. The third kappa shape index (κ3) is 3.25. The van der Waals surface area contributed by atoms with Crippen LogP contribution in [0.3, 0.4) is 0 Å². The molecule has 4 rings (SSSR count). The lowest BCUT2D eigenvalue weighted by molar-refractivity contribution is -0.384. The van der Waals surface area contributed by atoms with E-state index in [1.54, 1.807) is 6.07 Å². The van der Waals surface area contributed by atoms with E-state index in [9.17, 15) is 15.2 Å². The van der Waals surface area contributed by atoms with Gasteiger partial charge in [-0.05, 0) is 22.9 Å². The highest BCUT2D eigenvalue weighted by Crippen LogP contribution is 2.31. The normalized spacial score (nSPS) is 11.3. The summed E-state index contributed by atoms with van der Waals surface area (Å²) in [5, 5.41) is 22.9. The third-order valence-corrected chi connectivity index (χ3v) is 4.03. The molecule has 132 valence electrons. The van der Waals surface area contributed by atoms with E-state index >= 15 is 0 Å². The van der Waals surface area contributed by atoms with Crippen molar-refractivity contribution in [2.24, 2.45) is 4.99 Å². The number of hydrogen-bond acceptors (Lipinski definition) is 6. The molecule has 0 bridgehead atoms. The molecule has 1 N–H and O–H groups in total. The lowest BCUT2D eigenvalue weighted by Gasteiger charge is -2.01. The Bertz CT molecular complexity index is 1180.